The molecule has 1 aromatic rings. The summed E-state index contributed by atoms with van der Waals surface area (Å²) in [5.74, 6) is -0.205. The number of aryl methyl sites for hydroxylation is 1. The maximum Gasteiger partial charge on any atom is 0.253 e. The molecule has 0 saturated heterocycles. The summed E-state index contributed by atoms with van der Waals surface area (Å²) in [6.45, 7) is 1.72. The van der Waals surface area contributed by atoms with E-state index in [1.165, 1.54) is 7.11 Å². The molecule has 0 atom stereocenters. The fraction of sp³-hybridized carbons (Fsp3) is 0.429. The van der Waals surface area contributed by atoms with Gasteiger partial charge in [-0.15, -0.1) is 0 Å². The van der Waals surface area contributed by atoms with Crippen LogP contribution in [0.2, 0.25) is 0 Å². The molecule has 12 heavy (non-hydrogen) atoms. The van der Waals surface area contributed by atoms with Crippen molar-refractivity contribution < 1.29 is 9.13 Å². The Kier molecular flexibility index (Phi) is 2.54. The molecule has 0 amide bonds. The highest BCUT2D eigenvalue weighted by atomic mass is 19.1. The molecule has 0 saturated carbocycles. The van der Waals surface area contributed by atoms with Crippen LogP contribution in [0, 0.1) is 12.7 Å². The molecule has 4 nitrogen and oxygen atoms in total. The second-order valence-electron chi connectivity index (χ2n) is 2.25. The number of rotatable bonds is 2. The fourth-order valence-electron chi connectivity index (χ4n) is 0.815. The van der Waals surface area contributed by atoms with Gasteiger partial charge in [0.25, 0.3) is 5.88 Å². The van der Waals surface area contributed by atoms with Crippen LogP contribution < -0.4 is 10.5 Å². The van der Waals surface area contributed by atoms with Crippen molar-refractivity contribution in [2.24, 2.45) is 5.73 Å². The molecule has 0 bridgehead atoms. The van der Waals surface area contributed by atoms with E-state index in [1.54, 1.807) is 6.92 Å². The number of nitrogens with zero attached hydrogens (tertiary/aromatic N) is 2. The van der Waals surface area contributed by atoms with Gasteiger partial charge in [0, 0.05) is 0 Å². The molecule has 0 spiro atoms. The molecule has 1 heterocycles. The van der Waals surface area contributed by atoms with Gasteiger partial charge in [-0.1, -0.05) is 0 Å². The number of ether oxygens (including phenoxy) is 1. The summed E-state index contributed by atoms with van der Waals surface area (Å²) >= 11 is 0. The fourth-order valence-corrected chi connectivity index (χ4v) is 0.815. The molecule has 0 aromatic carbocycles. The van der Waals surface area contributed by atoms with Gasteiger partial charge < -0.3 is 10.5 Å². The molecule has 1 rings (SSSR count). The minimum atomic E-state index is -0.533. The van der Waals surface area contributed by atoms with Gasteiger partial charge in [-0.3, -0.25) is 0 Å². The van der Waals surface area contributed by atoms with E-state index in [0.717, 1.165) is 0 Å². The summed E-state index contributed by atoms with van der Waals surface area (Å²) in [6, 6.07) is 0. The number of nitrogens with two attached hydrogens (primary N) is 1. The highest BCUT2D eigenvalue weighted by molar-refractivity contribution is 5.18. The minimum Gasteiger partial charge on any atom is -0.479 e. The zero-order chi connectivity index (χ0) is 9.14. The molecular weight excluding hydrogens is 161 g/mol. The third-order valence-corrected chi connectivity index (χ3v) is 1.41. The number of hydrogen-bond acceptors (Lipinski definition) is 4. The van der Waals surface area contributed by atoms with Crippen molar-refractivity contribution in [3.8, 4) is 5.88 Å². The number of methoxy groups -OCH3 is 1. The summed E-state index contributed by atoms with van der Waals surface area (Å²) in [7, 11) is 1.35. The molecule has 0 unspecified atom stereocenters. The molecule has 0 fully saturated rings. The SMILES string of the molecule is COc1nc(CN)nc(C)c1F. The van der Waals surface area contributed by atoms with Gasteiger partial charge in [0.15, 0.2) is 0 Å². The molecule has 0 aliphatic rings. The Bertz CT molecular complexity index is 290. The maximum atomic E-state index is 13.0. The highest BCUT2D eigenvalue weighted by Gasteiger charge is 2.10. The Morgan fingerprint density at radius 2 is 2.17 bits per heavy atom. The molecule has 0 aliphatic carbocycles. The third-order valence-electron chi connectivity index (χ3n) is 1.41. The van der Waals surface area contributed by atoms with E-state index in [0.29, 0.717) is 5.82 Å². The third kappa shape index (κ3) is 1.50. The lowest BCUT2D eigenvalue weighted by molar-refractivity contribution is 0.362. The average molecular weight is 171 g/mol. The van der Waals surface area contributed by atoms with Crippen LogP contribution in [0.25, 0.3) is 0 Å². The van der Waals surface area contributed by atoms with Gasteiger partial charge in [-0.2, -0.15) is 9.37 Å². The zero-order valence-electron chi connectivity index (χ0n) is 6.97. The van der Waals surface area contributed by atoms with Crippen LogP contribution in [-0.4, -0.2) is 17.1 Å². The van der Waals surface area contributed by atoms with E-state index in [4.69, 9.17) is 5.73 Å². The van der Waals surface area contributed by atoms with Crippen LogP contribution in [0.5, 0.6) is 5.88 Å². The molecule has 0 radical (unpaired) electrons. The Morgan fingerprint density at radius 1 is 1.50 bits per heavy atom. The lowest BCUT2D eigenvalue weighted by atomic mass is 10.4. The second-order valence-corrected chi connectivity index (χ2v) is 2.25. The molecule has 1 aromatic heterocycles. The van der Waals surface area contributed by atoms with Crippen molar-refractivity contribution in [1.82, 2.24) is 9.97 Å². The topological polar surface area (TPSA) is 61.0 Å². The molecule has 2 N–H and O–H groups in total. The molecule has 66 valence electrons. The quantitative estimate of drug-likeness (QED) is 0.699. The molecular formula is C7H10FN3O. The Morgan fingerprint density at radius 3 is 2.67 bits per heavy atom. The Balaban J connectivity index is 3.19. The van der Waals surface area contributed by atoms with Crippen molar-refractivity contribution in [3.63, 3.8) is 0 Å². The predicted molar refractivity (Wildman–Crippen MR) is 41.2 cm³/mol. The van der Waals surface area contributed by atoms with Crippen molar-refractivity contribution >= 4 is 0 Å². The van der Waals surface area contributed by atoms with E-state index >= 15 is 0 Å². The van der Waals surface area contributed by atoms with Gasteiger partial charge in [-0.05, 0) is 6.92 Å². The van der Waals surface area contributed by atoms with E-state index < -0.39 is 5.82 Å². The number of halogens is 1. The van der Waals surface area contributed by atoms with Gasteiger partial charge in [0.05, 0.1) is 19.3 Å². The predicted octanol–water partition coefficient (Wildman–Crippen LogP) is 0.391. The van der Waals surface area contributed by atoms with Crippen LogP contribution in [0.1, 0.15) is 11.5 Å². The van der Waals surface area contributed by atoms with Gasteiger partial charge in [0.1, 0.15) is 5.82 Å². The first-order chi connectivity index (χ1) is 5.69. The van der Waals surface area contributed by atoms with Crippen LogP contribution >= 0.6 is 0 Å². The van der Waals surface area contributed by atoms with E-state index in [1.807, 2.05) is 0 Å². The Labute approximate surface area is 69.6 Å². The van der Waals surface area contributed by atoms with E-state index in [-0.39, 0.29) is 18.1 Å². The lowest BCUT2D eigenvalue weighted by Gasteiger charge is -2.04. The summed E-state index contributed by atoms with van der Waals surface area (Å²) in [4.78, 5) is 7.55. The van der Waals surface area contributed by atoms with E-state index in [9.17, 15) is 4.39 Å². The van der Waals surface area contributed by atoms with Crippen molar-refractivity contribution in [2.75, 3.05) is 7.11 Å². The summed E-state index contributed by atoms with van der Waals surface area (Å²) in [5.41, 5.74) is 5.54. The van der Waals surface area contributed by atoms with Crippen molar-refractivity contribution in [3.05, 3.63) is 17.3 Å². The standard InChI is InChI=1S/C7H10FN3O/c1-4-6(8)7(12-2)11-5(3-9)10-4/h3,9H2,1-2H3. The van der Waals surface area contributed by atoms with Crippen LogP contribution in [0.3, 0.4) is 0 Å². The number of aromatic nitrogens is 2. The first-order valence-electron chi connectivity index (χ1n) is 3.46. The second kappa shape index (κ2) is 3.44. The smallest absolute Gasteiger partial charge is 0.253 e. The summed E-state index contributed by atoms with van der Waals surface area (Å²) < 4.78 is 17.7. The van der Waals surface area contributed by atoms with Crippen LogP contribution in [0.15, 0.2) is 0 Å². The first-order valence-corrected chi connectivity index (χ1v) is 3.46. The zero-order valence-corrected chi connectivity index (χ0v) is 6.97. The Hall–Kier alpha value is -1.23. The number of hydrogen-bond donors (Lipinski definition) is 1. The highest BCUT2D eigenvalue weighted by Crippen LogP contribution is 2.15. The monoisotopic (exact) mass is 171 g/mol. The van der Waals surface area contributed by atoms with Gasteiger partial charge in [0.2, 0.25) is 5.82 Å². The van der Waals surface area contributed by atoms with Crippen molar-refractivity contribution in [2.45, 2.75) is 13.5 Å². The average Bonchev–Trinajstić information content (AvgIpc) is 2.09. The van der Waals surface area contributed by atoms with Gasteiger partial charge in [-0.25, -0.2) is 4.98 Å². The molecule has 0 aliphatic heterocycles. The summed E-state index contributed by atoms with van der Waals surface area (Å²) in [6.07, 6.45) is 0. The van der Waals surface area contributed by atoms with Gasteiger partial charge >= 0.3 is 0 Å². The summed E-state index contributed by atoms with van der Waals surface area (Å²) in [5, 5.41) is 0. The van der Waals surface area contributed by atoms with Crippen molar-refractivity contribution in [1.29, 1.82) is 0 Å². The minimum absolute atomic E-state index is 0.0528. The van der Waals surface area contributed by atoms with E-state index in [2.05, 4.69) is 14.7 Å². The first kappa shape index (κ1) is 8.86. The largest absolute Gasteiger partial charge is 0.479 e. The lowest BCUT2D eigenvalue weighted by Crippen LogP contribution is -2.07. The maximum absolute atomic E-state index is 13.0. The normalized spacial score (nSPS) is 10.0. The van der Waals surface area contributed by atoms with Crippen LogP contribution in [0.4, 0.5) is 4.39 Å². The van der Waals surface area contributed by atoms with Crippen LogP contribution in [-0.2, 0) is 6.54 Å². The molecule has 5 heteroatoms.